The first-order valence-electron chi connectivity index (χ1n) is 5.60. The lowest BCUT2D eigenvalue weighted by atomic mass is 10.0. The molecule has 1 unspecified atom stereocenters. The summed E-state index contributed by atoms with van der Waals surface area (Å²) in [5.74, 6) is 0.844. The van der Waals surface area contributed by atoms with E-state index in [-0.39, 0.29) is 0 Å². The van der Waals surface area contributed by atoms with Gasteiger partial charge in [-0.25, -0.2) is 0 Å². The van der Waals surface area contributed by atoms with Crippen LogP contribution < -0.4 is 5.73 Å². The number of nitrogens with zero attached hydrogens (tertiary/aromatic N) is 1. The standard InChI is InChI=1S/C11H22N2/c1-11(2)6-3-7-13(11)8-10(12)9-4-5-9/h9-10H,3-8,12H2,1-2H3. The van der Waals surface area contributed by atoms with E-state index in [1.807, 2.05) is 0 Å². The average molecular weight is 182 g/mol. The summed E-state index contributed by atoms with van der Waals surface area (Å²) in [7, 11) is 0. The van der Waals surface area contributed by atoms with Crippen molar-refractivity contribution in [1.29, 1.82) is 0 Å². The fourth-order valence-corrected chi connectivity index (χ4v) is 2.43. The Balaban J connectivity index is 1.86. The van der Waals surface area contributed by atoms with Crippen molar-refractivity contribution in [2.24, 2.45) is 11.7 Å². The number of hydrogen-bond donors (Lipinski definition) is 1. The Morgan fingerprint density at radius 1 is 1.46 bits per heavy atom. The maximum atomic E-state index is 6.14. The van der Waals surface area contributed by atoms with Gasteiger partial charge in [0.15, 0.2) is 0 Å². The normalized spacial score (nSPS) is 30.7. The van der Waals surface area contributed by atoms with Gasteiger partial charge in [-0.3, -0.25) is 4.90 Å². The van der Waals surface area contributed by atoms with Gasteiger partial charge in [0.1, 0.15) is 0 Å². The van der Waals surface area contributed by atoms with Crippen LogP contribution in [0.2, 0.25) is 0 Å². The quantitative estimate of drug-likeness (QED) is 0.718. The Morgan fingerprint density at radius 2 is 2.15 bits per heavy atom. The van der Waals surface area contributed by atoms with E-state index in [1.165, 1.54) is 32.2 Å². The summed E-state index contributed by atoms with van der Waals surface area (Å²) in [5.41, 5.74) is 6.55. The second-order valence-corrected chi connectivity index (χ2v) is 5.36. The van der Waals surface area contributed by atoms with Gasteiger partial charge in [0.05, 0.1) is 0 Å². The van der Waals surface area contributed by atoms with E-state index in [0.717, 1.165) is 12.5 Å². The number of likely N-dealkylation sites (tertiary alicyclic amines) is 1. The molecule has 0 amide bonds. The molecule has 1 atom stereocenters. The maximum Gasteiger partial charge on any atom is 0.0196 e. The molecule has 2 N–H and O–H groups in total. The Bertz CT molecular complexity index is 185. The van der Waals surface area contributed by atoms with E-state index in [0.29, 0.717) is 11.6 Å². The van der Waals surface area contributed by atoms with E-state index in [2.05, 4.69) is 18.7 Å². The van der Waals surface area contributed by atoms with Crippen molar-refractivity contribution in [3.63, 3.8) is 0 Å². The molecule has 0 radical (unpaired) electrons. The Labute approximate surface area is 81.5 Å². The Hall–Kier alpha value is -0.0800. The maximum absolute atomic E-state index is 6.14. The predicted molar refractivity (Wildman–Crippen MR) is 55.6 cm³/mol. The van der Waals surface area contributed by atoms with Gasteiger partial charge in [0.2, 0.25) is 0 Å². The van der Waals surface area contributed by atoms with Crippen molar-refractivity contribution in [1.82, 2.24) is 4.90 Å². The minimum absolute atomic E-state index is 0.409. The van der Waals surface area contributed by atoms with Gasteiger partial charge >= 0.3 is 0 Å². The predicted octanol–water partition coefficient (Wildman–Crippen LogP) is 1.60. The largest absolute Gasteiger partial charge is 0.326 e. The van der Waals surface area contributed by atoms with Gasteiger partial charge in [-0.15, -0.1) is 0 Å². The lowest BCUT2D eigenvalue weighted by Crippen LogP contribution is -2.46. The van der Waals surface area contributed by atoms with E-state index in [1.54, 1.807) is 0 Å². The molecule has 1 aliphatic heterocycles. The highest BCUT2D eigenvalue weighted by molar-refractivity contribution is 4.93. The smallest absolute Gasteiger partial charge is 0.0196 e. The van der Waals surface area contributed by atoms with Crippen molar-refractivity contribution >= 4 is 0 Å². The van der Waals surface area contributed by atoms with Crippen LogP contribution in [0.4, 0.5) is 0 Å². The molecule has 2 aliphatic rings. The molecule has 2 heteroatoms. The SMILES string of the molecule is CC1(C)CCCN1CC(N)C1CC1. The third-order valence-corrected chi connectivity index (χ3v) is 3.73. The molecule has 2 rings (SSSR count). The van der Waals surface area contributed by atoms with Crippen LogP contribution in [0.5, 0.6) is 0 Å². The molecule has 0 aromatic rings. The van der Waals surface area contributed by atoms with Gasteiger partial charge in [0.25, 0.3) is 0 Å². The molecule has 1 saturated carbocycles. The summed E-state index contributed by atoms with van der Waals surface area (Å²) in [4.78, 5) is 2.58. The second-order valence-electron chi connectivity index (χ2n) is 5.36. The third kappa shape index (κ3) is 2.05. The van der Waals surface area contributed by atoms with E-state index in [4.69, 9.17) is 5.73 Å². The average Bonchev–Trinajstić information content (AvgIpc) is 2.80. The van der Waals surface area contributed by atoms with E-state index in [9.17, 15) is 0 Å². The van der Waals surface area contributed by atoms with Gasteiger partial charge in [-0.05, 0) is 52.0 Å². The fourth-order valence-electron chi connectivity index (χ4n) is 2.43. The Kier molecular flexibility index (Phi) is 2.37. The highest BCUT2D eigenvalue weighted by Gasteiger charge is 2.36. The summed E-state index contributed by atoms with van der Waals surface area (Å²) in [5, 5.41) is 0. The first-order chi connectivity index (χ1) is 6.09. The summed E-state index contributed by atoms with van der Waals surface area (Å²) in [6, 6.07) is 0.442. The van der Waals surface area contributed by atoms with Crippen LogP contribution in [0.1, 0.15) is 39.5 Å². The second kappa shape index (κ2) is 3.25. The zero-order chi connectivity index (χ0) is 9.47. The molecule has 76 valence electrons. The van der Waals surface area contributed by atoms with Gasteiger partial charge in [-0.2, -0.15) is 0 Å². The monoisotopic (exact) mass is 182 g/mol. The lowest BCUT2D eigenvalue weighted by molar-refractivity contribution is 0.160. The van der Waals surface area contributed by atoms with E-state index >= 15 is 0 Å². The fraction of sp³-hybridized carbons (Fsp3) is 1.00. The lowest BCUT2D eigenvalue weighted by Gasteiger charge is -2.33. The molecule has 0 aromatic heterocycles. The van der Waals surface area contributed by atoms with Crippen LogP contribution in [0, 0.1) is 5.92 Å². The van der Waals surface area contributed by atoms with Crippen molar-refractivity contribution in [2.75, 3.05) is 13.1 Å². The summed E-state index contributed by atoms with van der Waals surface area (Å²) in [6.07, 6.45) is 5.43. The van der Waals surface area contributed by atoms with E-state index < -0.39 is 0 Å². The van der Waals surface area contributed by atoms with Crippen LogP contribution in [0.25, 0.3) is 0 Å². The molecule has 1 heterocycles. The van der Waals surface area contributed by atoms with Crippen molar-refractivity contribution < 1.29 is 0 Å². The van der Waals surface area contributed by atoms with Crippen LogP contribution >= 0.6 is 0 Å². The van der Waals surface area contributed by atoms with Crippen molar-refractivity contribution in [3.8, 4) is 0 Å². The first kappa shape index (κ1) is 9.47. The third-order valence-electron chi connectivity index (χ3n) is 3.73. The topological polar surface area (TPSA) is 29.3 Å². The van der Waals surface area contributed by atoms with Crippen LogP contribution in [0.3, 0.4) is 0 Å². The van der Waals surface area contributed by atoms with Crippen molar-refractivity contribution in [3.05, 3.63) is 0 Å². The Morgan fingerprint density at radius 3 is 2.62 bits per heavy atom. The molecule has 1 saturated heterocycles. The molecular weight excluding hydrogens is 160 g/mol. The van der Waals surface area contributed by atoms with Crippen molar-refractivity contribution in [2.45, 2.75) is 51.1 Å². The molecule has 0 bridgehead atoms. The first-order valence-corrected chi connectivity index (χ1v) is 5.60. The molecule has 2 fully saturated rings. The molecule has 13 heavy (non-hydrogen) atoms. The zero-order valence-corrected chi connectivity index (χ0v) is 8.92. The summed E-state index contributed by atoms with van der Waals surface area (Å²) < 4.78 is 0. The van der Waals surface area contributed by atoms with Gasteiger partial charge in [-0.1, -0.05) is 0 Å². The molecule has 0 aromatic carbocycles. The zero-order valence-electron chi connectivity index (χ0n) is 8.92. The molecule has 2 nitrogen and oxygen atoms in total. The van der Waals surface area contributed by atoms with Crippen LogP contribution in [0.15, 0.2) is 0 Å². The summed E-state index contributed by atoms with van der Waals surface area (Å²) in [6.45, 7) is 7.07. The number of hydrogen-bond acceptors (Lipinski definition) is 2. The number of rotatable bonds is 3. The minimum Gasteiger partial charge on any atom is -0.326 e. The number of nitrogens with two attached hydrogens (primary N) is 1. The van der Waals surface area contributed by atoms with Crippen LogP contribution in [-0.4, -0.2) is 29.6 Å². The highest BCUT2D eigenvalue weighted by atomic mass is 15.2. The minimum atomic E-state index is 0.409. The highest BCUT2D eigenvalue weighted by Crippen LogP contribution is 2.34. The molecule has 1 aliphatic carbocycles. The van der Waals surface area contributed by atoms with Gasteiger partial charge in [0, 0.05) is 18.1 Å². The molecular formula is C11H22N2. The van der Waals surface area contributed by atoms with Gasteiger partial charge < -0.3 is 5.73 Å². The van der Waals surface area contributed by atoms with Crippen LogP contribution in [-0.2, 0) is 0 Å². The molecule has 0 spiro atoms. The summed E-state index contributed by atoms with van der Waals surface area (Å²) >= 11 is 0.